The summed E-state index contributed by atoms with van der Waals surface area (Å²) in [6.07, 6.45) is 1.99. The first kappa shape index (κ1) is 19.7. The Morgan fingerprint density at radius 3 is 2.44 bits per heavy atom. The maximum Gasteiger partial charge on any atom is 0.414 e. The third-order valence-electron chi connectivity index (χ3n) is 5.27. The van der Waals surface area contributed by atoms with Gasteiger partial charge in [-0.15, -0.1) is 0 Å². The Hall–Kier alpha value is -2.09. The Labute approximate surface area is 159 Å². The molecule has 1 saturated heterocycles. The highest BCUT2D eigenvalue weighted by atomic mass is 32.2. The largest absolute Gasteiger partial charge is 0.465 e. The molecule has 3 rings (SSSR count). The van der Waals surface area contributed by atoms with Crippen molar-refractivity contribution in [1.82, 2.24) is 0 Å². The molecule has 2 unspecified atom stereocenters. The van der Waals surface area contributed by atoms with Crippen LogP contribution in [0.1, 0.15) is 44.6 Å². The molecule has 148 valence electrons. The molecule has 1 aromatic rings. The average Bonchev–Trinajstić information content (AvgIpc) is 3.38. The van der Waals surface area contributed by atoms with Crippen LogP contribution in [-0.2, 0) is 24.1 Å². The monoisotopic (exact) mass is 395 g/mol. The van der Waals surface area contributed by atoms with E-state index in [1.165, 1.54) is 30.2 Å². The normalized spacial score (nSPS) is 22.3. The van der Waals surface area contributed by atoms with E-state index in [0.29, 0.717) is 11.6 Å². The molecule has 0 spiro atoms. The highest BCUT2D eigenvalue weighted by molar-refractivity contribution is 7.92. The second kappa shape index (κ2) is 7.14. The van der Waals surface area contributed by atoms with E-state index >= 15 is 0 Å². The summed E-state index contributed by atoms with van der Waals surface area (Å²) in [7, 11) is -3.77. The van der Waals surface area contributed by atoms with Crippen LogP contribution in [0.15, 0.2) is 24.3 Å². The van der Waals surface area contributed by atoms with Crippen LogP contribution in [-0.4, -0.2) is 50.7 Å². The van der Waals surface area contributed by atoms with Gasteiger partial charge in [-0.2, -0.15) is 0 Å². The van der Waals surface area contributed by atoms with Crippen molar-refractivity contribution < 1.29 is 27.5 Å². The number of carbonyl (C=O) groups excluding carboxylic acids is 2. The third-order valence-corrected chi connectivity index (χ3v) is 7.24. The van der Waals surface area contributed by atoms with Crippen molar-refractivity contribution in [2.24, 2.45) is 0 Å². The maximum absolute atomic E-state index is 12.3. The molecule has 8 heteroatoms. The predicted molar refractivity (Wildman–Crippen MR) is 101 cm³/mol. The van der Waals surface area contributed by atoms with Gasteiger partial charge >= 0.3 is 12.1 Å². The number of nitrogens with zero attached hydrogens (tertiary/aromatic N) is 1. The fourth-order valence-electron chi connectivity index (χ4n) is 3.29. The lowest BCUT2D eigenvalue weighted by molar-refractivity contribution is -0.146. The standard InChI is InChI=1S/C19H25NO6S/c1-4-25-17(21)19(2,27(3,23)24)11-16-12-20(18(22)26-16)15-9-7-14(8-10-15)13-5-6-13/h7-10,13,16H,4-6,11-12H2,1-3H3. The summed E-state index contributed by atoms with van der Waals surface area (Å²) in [6.45, 7) is 3.20. The third kappa shape index (κ3) is 3.95. The summed E-state index contributed by atoms with van der Waals surface area (Å²) in [5.41, 5.74) is 1.96. The van der Waals surface area contributed by atoms with Crippen molar-refractivity contribution in [3.8, 4) is 0 Å². The summed E-state index contributed by atoms with van der Waals surface area (Å²) < 4.78 is 33.0. The Bertz CT molecular complexity index is 830. The SMILES string of the molecule is CCOC(=O)C(C)(CC1CN(c2ccc(C3CC3)cc2)C(=O)O1)S(C)(=O)=O. The number of hydrogen-bond acceptors (Lipinski definition) is 6. The molecule has 2 fully saturated rings. The van der Waals surface area contributed by atoms with Crippen LogP contribution in [0.5, 0.6) is 0 Å². The lowest BCUT2D eigenvalue weighted by Gasteiger charge is -2.27. The first-order valence-corrected chi connectivity index (χ1v) is 11.0. The molecular weight excluding hydrogens is 370 g/mol. The molecule has 2 atom stereocenters. The number of carbonyl (C=O) groups is 2. The van der Waals surface area contributed by atoms with Gasteiger partial charge in [0.05, 0.1) is 13.2 Å². The molecule has 7 nitrogen and oxygen atoms in total. The topological polar surface area (TPSA) is 90.0 Å². The van der Waals surface area contributed by atoms with E-state index in [9.17, 15) is 18.0 Å². The molecule has 27 heavy (non-hydrogen) atoms. The van der Waals surface area contributed by atoms with Crippen LogP contribution in [0.3, 0.4) is 0 Å². The van der Waals surface area contributed by atoms with Crippen molar-refractivity contribution >= 4 is 27.6 Å². The second-order valence-corrected chi connectivity index (χ2v) is 9.86. The lowest BCUT2D eigenvalue weighted by Crippen LogP contribution is -2.47. The second-order valence-electron chi connectivity index (χ2n) is 7.41. The molecule has 1 saturated carbocycles. The van der Waals surface area contributed by atoms with Gasteiger partial charge in [-0.05, 0) is 50.3 Å². The number of hydrogen-bond donors (Lipinski definition) is 0. The van der Waals surface area contributed by atoms with Crippen molar-refractivity contribution in [2.45, 2.75) is 49.9 Å². The van der Waals surface area contributed by atoms with E-state index in [4.69, 9.17) is 9.47 Å². The van der Waals surface area contributed by atoms with Crippen LogP contribution >= 0.6 is 0 Å². The number of sulfone groups is 1. The van der Waals surface area contributed by atoms with Crippen LogP contribution in [0.2, 0.25) is 0 Å². The van der Waals surface area contributed by atoms with Crippen LogP contribution in [0.4, 0.5) is 10.5 Å². The van der Waals surface area contributed by atoms with Crippen LogP contribution < -0.4 is 4.90 Å². The van der Waals surface area contributed by atoms with E-state index in [1.807, 2.05) is 24.3 Å². The molecule has 0 aromatic heterocycles. The van der Waals surface area contributed by atoms with E-state index in [-0.39, 0.29) is 19.6 Å². The zero-order chi connectivity index (χ0) is 19.8. The van der Waals surface area contributed by atoms with Gasteiger partial charge < -0.3 is 9.47 Å². The Balaban J connectivity index is 1.74. The van der Waals surface area contributed by atoms with Gasteiger partial charge in [-0.25, -0.2) is 13.2 Å². The highest BCUT2D eigenvalue weighted by Crippen LogP contribution is 2.40. The molecule has 0 bridgehead atoms. The minimum Gasteiger partial charge on any atom is -0.465 e. The van der Waals surface area contributed by atoms with Crippen molar-refractivity contribution in [3.63, 3.8) is 0 Å². The molecule has 1 heterocycles. The van der Waals surface area contributed by atoms with Crippen molar-refractivity contribution in [1.29, 1.82) is 0 Å². The van der Waals surface area contributed by atoms with Gasteiger partial charge in [0.25, 0.3) is 0 Å². The molecule has 0 radical (unpaired) electrons. The minimum atomic E-state index is -3.77. The number of rotatable bonds is 7. The first-order chi connectivity index (χ1) is 12.7. The molecule has 1 aliphatic heterocycles. The number of esters is 1. The Morgan fingerprint density at radius 1 is 1.30 bits per heavy atom. The fraction of sp³-hybridized carbons (Fsp3) is 0.579. The molecule has 1 aromatic carbocycles. The minimum absolute atomic E-state index is 0.0772. The van der Waals surface area contributed by atoms with E-state index < -0.39 is 32.8 Å². The highest BCUT2D eigenvalue weighted by Gasteiger charge is 2.49. The first-order valence-electron chi connectivity index (χ1n) is 9.10. The molecule has 1 amide bonds. The summed E-state index contributed by atoms with van der Waals surface area (Å²) >= 11 is 0. The average molecular weight is 395 g/mol. The number of benzene rings is 1. The molecule has 0 N–H and O–H groups in total. The van der Waals surface area contributed by atoms with Gasteiger partial charge in [0.15, 0.2) is 14.6 Å². The smallest absolute Gasteiger partial charge is 0.414 e. The number of amides is 1. The van der Waals surface area contributed by atoms with Crippen LogP contribution in [0.25, 0.3) is 0 Å². The van der Waals surface area contributed by atoms with Gasteiger partial charge in [-0.1, -0.05) is 12.1 Å². The number of cyclic esters (lactones) is 1. The van der Waals surface area contributed by atoms with Crippen molar-refractivity contribution in [2.75, 3.05) is 24.3 Å². The zero-order valence-corrected chi connectivity index (χ0v) is 16.6. The Morgan fingerprint density at radius 2 is 1.93 bits per heavy atom. The van der Waals surface area contributed by atoms with Crippen molar-refractivity contribution in [3.05, 3.63) is 29.8 Å². The molecule has 2 aliphatic rings. The number of ether oxygens (including phenoxy) is 2. The van der Waals surface area contributed by atoms with Gasteiger partial charge in [0.2, 0.25) is 0 Å². The summed E-state index contributed by atoms with van der Waals surface area (Å²) in [4.78, 5) is 26.0. The van der Waals surface area contributed by atoms with Gasteiger partial charge in [0.1, 0.15) is 6.10 Å². The van der Waals surface area contributed by atoms with Gasteiger partial charge in [0, 0.05) is 18.4 Å². The van der Waals surface area contributed by atoms with E-state index in [0.717, 1.165) is 6.26 Å². The summed E-state index contributed by atoms with van der Waals surface area (Å²) in [5.74, 6) is -0.201. The zero-order valence-electron chi connectivity index (χ0n) is 15.8. The summed E-state index contributed by atoms with van der Waals surface area (Å²) in [6, 6.07) is 7.76. The predicted octanol–water partition coefficient (Wildman–Crippen LogP) is 2.65. The van der Waals surface area contributed by atoms with E-state index in [1.54, 1.807) is 6.92 Å². The van der Waals surface area contributed by atoms with Crippen LogP contribution in [0, 0.1) is 0 Å². The number of anilines is 1. The fourth-order valence-corrected chi connectivity index (χ4v) is 4.14. The molecule has 1 aliphatic carbocycles. The van der Waals surface area contributed by atoms with Gasteiger partial charge in [-0.3, -0.25) is 9.69 Å². The Kier molecular flexibility index (Phi) is 5.20. The molecular formula is C19H25NO6S. The summed E-state index contributed by atoms with van der Waals surface area (Å²) in [5, 5.41) is 0. The maximum atomic E-state index is 12.3. The quantitative estimate of drug-likeness (QED) is 0.659. The lowest BCUT2D eigenvalue weighted by atomic mass is 10.0. The van der Waals surface area contributed by atoms with E-state index in [2.05, 4.69) is 0 Å².